The fourth-order valence-electron chi connectivity index (χ4n) is 1.59. The molecular formula is C12H12F4O3. The predicted octanol–water partition coefficient (Wildman–Crippen LogP) is 2.85. The Hall–Kier alpha value is -1.34. The molecule has 1 aromatic carbocycles. The van der Waals surface area contributed by atoms with Crippen molar-refractivity contribution in [1.82, 2.24) is 0 Å². The van der Waals surface area contributed by atoms with Gasteiger partial charge in [-0.25, -0.2) is 4.39 Å². The standard InChI is InChI=1S/C12H12F4O3/c1-17-10-3-2-7(4-9(10)13)11(12(14,15)16)19-6-8-5-18-8/h2-4,8,11H,5-6H2,1H3/t8-,11-/m0/s1. The van der Waals surface area contributed by atoms with E-state index in [0.29, 0.717) is 6.61 Å². The molecule has 1 fully saturated rings. The first-order valence-electron chi connectivity index (χ1n) is 5.55. The summed E-state index contributed by atoms with van der Waals surface area (Å²) >= 11 is 0. The molecule has 2 atom stereocenters. The molecule has 0 N–H and O–H groups in total. The molecule has 0 aromatic heterocycles. The molecule has 106 valence electrons. The summed E-state index contributed by atoms with van der Waals surface area (Å²) < 4.78 is 66.3. The van der Waals surface area contributed by atoms with Crippen LogP contribution in [-0.2, 0) is 9.47 Å². The zero-order valence-electron chi connectivity index (χ0n) is 10.0. The molecule has 1 aromatic rings. The molecule has 1 aliphatic rings. The zero-order valence-corrected chi connectivity index (χ0v) is 10.0. The second-order valence-corrected chi connectivity index (χ2v) is 4.10. The molecule has 0 amide bonds. The first-order chi connectivity index (χ1) is 8.91. The number of ether oxygens (including phenoxy) is 3. The SMILES string of the molecule is COc1ccc([C@H](OC[C@@H]2CO2)C(F)(F)F)cc1F. The van der Waals surface area contributed by atoms with Crippen molar-refractivity contribution in [2.24, 2.45) is 0 Å². The van der Waals surface area contributed by atoms with Gasteiger partial charge in [-0.05, 0) is 17.7 Å². The fraction of sp³-hybridized carbons (Fsp3) is 0.500. The van der Waals surface area contributed by atoms with E-state index in [4.69, 9.17) is 9.47 Å². The second-order valence-electron chi connectivity index (χ2n) is 4.10. The maximum atomic E-state index is 13.4. The Labute approximate surface area is 107 Å². The van der Waals surface area contributed by atoms with E-state index in [2.05, 4.69) is 4.74 Å². The van der Waals surface area contributed by atoms with Crippen LogP contribution in [0.2, 0.25) is 0 Å². The molecule has 1 saturated heterocycles. The molecule has 0 bridgehead atoms. The molecule has 0 aliphatic carbocycles. The molecule has 0 unspecified atom stereocenters. The van der Waals surface area contributed by atoms with Crippen LogP contribution >= 0.6 is 0 Å². The molecule has 0 saturated carbocycles. The number of hydrogen-bond donors (Lipinski definition) is 0. The average Bonchev–Trinajstić information content (AvgIpc) is 3.12. The second kappa shape index (κ2) is 5.34. The summed E-state index contributed by atoms with van der Waals surface area (Å²) in [5.74, 6) is -0.976. The van der Waals surface area contributed by atoms with Crippen molar-refractivity contribution in [3.63, 3.8) is 0 Å². The highest BCUT2D eigenvalue weighted by molar-refractivity contribution is 5.31. The Morgan fingerprint density at radius 2 is 2.11 bits per heavy atom. The van der Waals surface area contributed by atoms with Gasteiger partial charge in [0.05, 0.1) is 20.3 Å². The van der Waals surface area contributed by atoms with Crippen LogP contribution in [0.25, 0.3) is 0 Å². The Kier molecular flexibility index (Phi) is 3.96. The number of methoxy groups -OCH3 is 1. The van der Waals surface area contributed by atoms with E-state index in [1.54, 1.807) is 0 Å². The van der Waals surface area contributed by atoms with Gasteiger partial charge in [0, 0.05) is 0 Å². The Morgan fingerprint density at radius 1 is 1.42 bits per heavy atom. The van der Waals surface area contributed by atoms with Gasteiger partial charge in [-0.2, -0.15) is 13.2 Å². The van der Waals surface area contributed by atoms with Crippen molar-refractivity contribution in [3.8, 4) is 5.75 Å². The molecule has 1 aliphatic heterocycles. The van der Waals surface area contributed by atoms with E-state index in [-0.39, 0.29) is 24.0 Å². The van der Waals surface area contributed by atoms with E-state index in [0.717, 1.165) is 18.2 Å². The fourth-order valence-corrected chi connectivity index (χ4v) is 1.59. The molecule has 19 heavy (non-hydrogen) atoms. The number of halogens is 4. The van der Waals surface area contributed by atoms with Gasteiger partial charge < -0.3 is 14.2 Å². The van der Waals surface area contributed by atoms with Crippen molar-refractivity contribution in [1.29, 1.82) is 0 Å². The van der Waals surface area contributed by atoms with E-state index >= 15 is 0 Å². The monoisotopic (exact) mass is 280 g/mol. The number of alkyl halides is 3. The van der Waals surface area contributed by atoms with Crippen LogP contribution in [0.5, 0.6) is 5.75 Å². The molecule has 0 spiro atoms. The number of epoxide rings is 1. The number of hydrogen-bond acceptors (Lipinski definition) is 3. The van der Waals surface area contributed by atoms with Crippen LogP contribution in [0.15, 0.2) is 18.2 Å². The summed E-state index contributed by atoms with van der Waals surface area (Å²) in [5, 5.41) is 0. The van der Waals surface area contributed by atoms with Gasteiger partial charge in [-0.15, -0.1) is 0 Å². The van der Waals surface area contributed by atoms with Crippen LogP contribution in [0.3, 0.4) is 0 Å². The first-order valence-corrected chi connectivity index (χ1v) is 5.55. The lowest BCUT2D eigenvalue weighted by atomic mass is 10.1. The van der Waals surface area contributed by atoms with E-state index in [9.17, 15) is 17.6 Å². The highest BCUT2D eigenvalue weighted by Gasteiger charge is 2.43. The average molecular weight is 280 g/mol. The molecule has 3 nitrogen and oxygen atoms in total. The van der Waals surface area contributed by atoms with Crippen molar-refractivity contribution in [2.45, 2.75) is 18.4 Å². The van der Waals surface area contributed by atoms with Gasteiger partial charge in [-0.1, -0.05) is 6.07 Å². The Balaban J connectivity index is 2.18. The van der Waals surface area contributed by atoms with Crippen LogP contribution in [-0.4, -0.2) is 32.6 Å². The topological polar surface area (TPSA) is 31.0 Å². The third-order valence-corrected chi connectivity index (χ3v) is 2.63. The minimum Gasteiger partial charge on any atom is -0.494 e. The van der Waals surface area contributed by atoms with Crippen molar-refractivity contribution in [3.05, 3.63) is 29.6 Å². The number of benzene rings is 1. The molecule has 0 radical (unpaired) electrons. The van der Waals surface area contributed by atoms with Gasteiger partial charge in [-0.3, -0.25) is 0 Å². The summed E-state index contributed by atoms with van der Waals surface area (Å²) in [6.07, 6.45) is -7.08. The summed E-state index contributed by atoms with van der Waals surface area (Å²) in [6.45, 7) is 0.222. The summed E-state index contributed by atoms with van der Waals surface area (Å²) in [7, 11) is 1.24. The lowest BCUT2D eigenvalue weighted by molar-refractivity contribution is -0.224. The maximum Gasteiger partial charge on any atom is 0.418 e. The molecule has 1 heterocycles. The van der Waals surface area contributed by atoms with Crippen molar-refractivity contribution >= 4 is 0 Å². The lowest BCUT2D eigenvalue weighted by Gasteiger charge is -2.21. The van der Waals surface area contributed by atoms with Gasteiger partial charge in [0.1, 0.15) is 6.10 Å². The van der Waals surface area contributed by atoms with Crippen molar-refractivity contribution in [2.75, 3.05) is 20.3 Å². The van der Waals surface area contributed by atoms with Crippen molar-refractivity contribution < 1.29 is 31.8 Å². The highest BCUT2D eigenvalue weighted by Crippen LogP contribution is 2.37. The summed E-state index contributed by atoms with van der Waals surface area (Å²) in [4.78, 5) is 0. The molecule has 2 rings (SSSR count). The minimum atomic E-state index is -4.62. The number of rotatable bonds is 5. The zero-order chi connectivity index (χ0) is 14.0. The maximum absolute atomic E-state index is 13.4. The summed E-state index contributed by atoms with van der Waals surface area (Å²) in [6, 6.07) is 3.04. The first kappa shape index (κ1) is 14.1. The third kappa shape index (κ3) is 3.57. The normalized spacial score (nSPS) is 20.2. The van der Waals surface area contributed by atoms with Gasteiger partial charge in [0.25, 0.3) is 0 Å². The third-order valence-electron chi connectivity index (χ3n) is 2.63. The lowest BCUT2D eigenvalue weighted by Crippen LogP contribution is -2.25. The van der Waals surface area contributed by atoms with E-state index < -0.39 is 18.1 Å². The van der Waals surface area contributed by atoms with Crippen LogP contribution in [0.4, 0.5) is 17.6 Å². The Bertz CT molecular complexity index is 443. The van der Waals surface area contributed by atoms with Crippen LogP contribution < -0.4 is 4.74 Å². The van der Waals surface area contributed by atoms with Crippen LogP contribution in [0.1, 0.15) is 11.7 Å². The van der Waals surface area contributed by atoms with E-state index in [1.165, 1.54) is 7.11 Å². The quantitative estimate of drug-likeness (QED) is 0.614. The van der Waals surface area contributed by atoms with E-state index in [1.807, 2.05) is 0 Å². The summed E-state index contributed by atoms with van der Waals surface area (Å²) in [5.41, 5.74) is -0.300. The minimum absolute atomic E-state index is 0.116. The molecular weight excluding hydrogens is 268 g/mol. The van der Waals surface area contributed by atoms with Gasteiger partial charge >= 0.3 is 6.18 Å². The predicted molar refractivity (Wildman–Crippen MR) is 57.4 cm³/mol. The molecule has 7 heteroatoms. The Morgan fingerprint density at radius 3 is 2.58 bits per heavy atom. The smallest absolute Gasteiger partial charge is 0.418 e. The van der Waals surface area contributed by atoms with Gasteiger partial charge in [0.2, 0.25) is 0 Å². The highest BCUT2D eigenvalue weighted by atomic mass is 19.4. The largest absolute Gasteiger partial charge is 0.494 e. The van der Waals surface area contributed by atoms with Crippen LogP contribution in [0, 0.1) is 5.82 Å². The van der Waals surface area contributed by atoms with Gasteiger partial charge in [0.15, 0.2) is 17.7 Å².